The Morgan fingerprint density at radius 1 is 1.27 bits per heavy atom. The van der Waals surface area contributed by atoms with Crippen molar-refractivity contribution in [3.05, 3.63) is 72.5 Å². The van der Waals surface area contributed by atoms with Crippen LogP contribution in [0.3, 0.4) is 0 Å². The summed E-state index contributed by atoms with van der Waals surface area (Å²) in [6.07, 6.45) is 3.84. The average Bonchev–Trinajstić information content (AvgIpc) is 3.49. The van der Waals surface area contributed by atoms with Crippen molar-refractivity contribution in [3.63, 3.8) is 0 Å². The fraction of sp³-hybridized carbons (Fsp3) is 0.280. The third-order valence-electron chi connectivity index (χ3n) is 5.71. The average molecular weight is 513 g/mol. The van der Waals surface area contributed by atoms with Gasteiger partial charge in [-0.1, -0.05) is 13.0 Å². The molecule has 0 atom stereocenters. The van der Waals surface area contributed by atoms with E-state index < -0.39 is 11.9 Å². The molecule has 0 saturated carbocycles. The number of benzene rings is 1. The van der Waals surface area contributed by atoms with E-state index in [1.807, 2.05) is 13.0 Å². The Labute approximate surface area is 211 Å². The summed E-state index contributed by atoms with van der Waals surface area (Å²) in [4.78, 5) is 21.2. The SMILES string of the molecule is C=CCn1cc(-c2cnc3c(Nc4ccc(C(=O)NCCCN)c(CC)c4)nccn23)c(C(F)(F)F)n1. The third kappa shape index (κ3) is 5.48. The first-order valence-electron chi connectivity index (χ1n) is 11.7. The predicted molar refractivity (Wildman–Crippen MR) is 135 cm³/mol. The Morgan fingerprint density at radius 3 is 2.78 bits per heavy atom. The highest BCUT2D eigenvalue weighted by molar-refractivity contribution is 5.96. The van der Waals surface area contributed by atoms with Crippen LogP contribution in [0, 0.1) is 0 Å². The quantitative estimate of drug-likeness (QED) is 0.217. The lowest BCUT2D eigenvalue weighted by molar-refractivity contribution is -0.141. The summed E-state index contributed by atoms with van der Waals surface area (Å²) in [5, 5.41) is 9.73. The fourth-order valence-corrected chi connectivity index (χ4v) is 3.97. The molecule has 0 aliphatic heterocycles. The second-order valence-electron chi connectivity index (χ2n) is 8.26. The Morgan fingerprint density at radius 2 is 2.08 bits per heavy atom. The molecule has 12 heteroatoms. The minimum absolute atomic E-state index is 0.0997. The van der Waals surface area contributed by atoms with Gasteiger partial charge in [0.25, 0.3) is 5.91 Å². The normalized spacial score (nSPS) is 11.6. The molecule has 4 N–H and O–H groups in total. The van der Waals surface area contributed by atoms with Crippen LogP contribution in [-0.2, 0) is 19.1 Å². The maximum atomic E-state index is 13.7. The van der Waals surface area contributed by atoms with Crippen LogP contribution in [0.4, 0.5) is 24.7 Å². The Hall–Kier alpha value is -4.19. The van der Waals surface area contributed by atoms with E-state index in [1.54, 1.807) is 18.3 Å². The molecule has 0 bridgehead atoms. The zero-order chi connectivity index (χ0) is 26.6. The smallest absolute Gasteiger partial charge is 0.352 e. The second kappa shape index (κ2) is 10.8. The molecule has 37 heavy (non-hydrogen) atoms. The summed E-state index contributed by atoms with van der Waals surface area (Å²) >= 11 is 0. The summed E-state index contributed by atoms with van der Waals surface area (Å²) in [7, 11) is 0. The van der Waals surface area contributed by atoms with Gasteiger partial charge >= 0.3 is 6.18 Å². The number of hydrogen-bond donors (Lipinski definition) is 3. The lowest BCUT2D eigenvalue weighted by Crippen LogP contribution is -2.26. The van der Waals surface area contributed by atoms with Gasteiger partial charge < -0.3 is 16.4 Å². The summed E-state index contributed by atoms with van der Waals surface area (Å²) in [5.41, 5.74) is 7.00. The van der Waals surface area contributed by atoms with Gasteiger partial charge in [0, 0.05) is 36.4 Å². The number of halogens is 3. The van der Waals surface area contributed by atoms with E-state index in [-0.39, 0.29) is 23.7 Å². The molecule has 0 aliphatic carbocycles. The van der Waals surface area contributed by atoms with Gasteiger partial charge in [0.15, 0.2) is 17.2 Å². The van der Waals surface area contributed by atoms with Crippen LogP contribution in [0.2, 0.25) is 0 Å². The molecule has 0 aliphatic rings. The van der Waals surface area contributed by atoms with Crippen molar-refractivity contribution in [3.8, 4) is 11.3 Å². The number of nitrogens with zero attached hydrogens (tertiary/aromatic N) is 5. The first-order chi connectivity index (χ1) is 17.8. The van der Waals surface area contributed by atoms with E-state index in [9.17, 15) is 18.0 Å². The van der Waals surface area contributed by atoms with Crippen molar-refractivity contribution >= 4 is 23.1 Å². The van der Waals surface area contributed by atoms with Crippen LogP contribution >= 0.6 is 0 Å². The van der Waals surface area contributed by atoms with Gasteiger partial charge in [-0.3, -0.25) is 13.9 Å². The van der Waals surface area contributed by atoms with E-state index in [4.69, 9.17) is 5.73 Å². The topological polar surface area (TPSA) is 115 Å². The number of hydrogen-bond acceptors (Lipinski definition) is 6. The molecule has 1 aromatic carbocycles. The zero-order valence-electron chi connectivity index (χ0n) is 20.2. The molecule has 194 valence electrons. The van der Waals surface area contributed by atoms with Gasteiger partial charge in [-0.15, -0.1) is 6.58 Å². The standard InChI is InChI=1S/C25H27F3N8O/c1-3-11-35-15-19(21(34-35)25(26,27)28)20-14-32-23-22(30-10-12-36(20)23)33-17-6-7-18(16(4-2)13-17)24(37)31-9-5-8-29/h3,6-7,10,12-15H,1,4-5,8-9,11,29H2,2H3,(H,30,33)(H,31,37). The van der Waals surface area contributed by atoms with Gasteiger partial charge in [0.05, 0.1) is 24.0 Å². The first kappa shape index (κ1) is 25.9. The molecule has 0 fully saturated rings. The summed E-state index contributed by atoms with van der Waals surface area (Å²) in [5.74, 6) is 0.176. The van der Waals surface area contributed by atoms with Crippen LogP contribution in [0.15, 0.2) is 55.6 Å². The molecule has 0 spiro atoms. The number of alkyl halides is 3. The number of aromatic nitrogens is 5. The van der Waals surface area contributed by atoms with Gasteiger partial charge in [0.2, 0.25) is 0 Å². The molecular weight excluding hydrogens is 485 g/mol. The molecule has 1 amide bonds. The number of carbonyl (C=O) groups excluding carboxylic acids is 1. The number of fused-ring (bicyclic) bond motifs is 1. The highest BCUT2D eigenvalue weighted by Crippen LogP contribution is 2.37. The summed E-state index contributed by atoms with van der Waals surface area (Å²) in [6, 6.07) is 5.31. The number of nitrogens with one attached hydrogen (secondary N) is 2. The second-order valence-corrected chi connectivity index (χ2v) is 8.26. The number of rotatable bonds is 10. The summed E-state index contributed by atoms with van der Waals surface area (Å²) < 4.78 is 43.9. The molecule has 3 heterocycles. The fourth-order valence-electron chi connectivity index (χ4n) is 3.97. The lowest BCUT2D eigenvalue weighted by atomic mass is 10.0. The highest BCUT2D eigenvalue weighted by Gasteiger charge is 2.38. The zero-order valence-corrected chi connectivity index (χ0v) is 20.2. The van der Waals surface area contributed by atoms with Crippen molar-refractivity contribution in [2.45, 2.75) is 32.5 Å². The van der Waals surface area contributed by atoms with Crippen molar-refractivity contribution in [2.75, 3.05) is 18.4 Å². The van der Waals surface area contributed by atoms with Crippen molar-refractivity contribution in [1.29, 1.82) is 0 Å². The van der Waals surface area contributed by atoms with Crippen LogP contribution in [0.5, 0.6) is 0 Å². The van der Waals surface area contributed by atoms with Gasteiger partial charge in [-0.25, -0.2) is 9.97 Å². The molecule has 4 aromatic rings. The minimum atomic E-state index is -4.64. The van der Waals surface area contributed by atoms with Gasteiger partial charge in [-0.2, -0.15) is 18.3 Å². The number of carbonyl (C=O) groups is 1. The van der Waals surface area contributed by atoms with Crippen molar-refractivity contribution in [1.82, 2.24) is 29.5 Å². The minimum Gasteiger partial charge on any atom is -0.352 e. The Balaban J connectivity index is 1.67. The largest absolute Gasteiger partial charge is 0.435 e. The summed E-state index contributed by atoms with van der Waals surface area (Å²) in [6.45, 7) is 6.63. The Kier molecular flexibility index (Phi) is 7.58. The Bertz CT molecular complexity index is 1420. The first-order valence-corrected chi connectivity index (χ1v) is 11.7. The van der Waals surface area contributed by atoms with Crippen LogP contribution < -0.4 is 16.4 Å². The van der Waals surface area contributed by atoms with E-state index in [0.29, 0.717) is 48.6 Å². The van der Waals surface area contributed by atoms with E-state index in [0.717, 1.165) is 5.56 Å². The monoisotopic (exact) mass is 512 g/mol. The van der Waals surface area contributed by atoms with Gasteiger partial charge in [0.1, 0.15) is 0 Å². The molecule has 9 nitrogen and oxygen atoms in total. The number of imidazole rings is 1. The van der Waals surface area contributed by atoms with E-state index in [2.05, 4.69) is 32.3 Å². The maximum absolute atomic E-state index is 13.7. The highest BCUT2D eigenvalue weighted by atomic mass is 19.4. The van der Waals surface area contributed by atoms with Crippen LogP contribution in [0.25, 0.3) is 16.9 Å². The number of anilines is 2. The van der Waals surface area contributed by atoms with E-state index in [1.165, 1.54) is 33.7 Å². The van der Waals surface area contributed by atoms with Gasteiger partial charge in [-0.05, 0) is 43.1 Å². The molecule has 0 unspecified atom stereocenters. The third-order valence-corrected chi connectivity index (χ3v) is 5.71. The lowest BCUT2D eigenvalue weighted by Gasteiger charge is -2.13. The van der Waals surface area contributed by atoms with E-state index >= 15 is 0 Å². The maximum Gasteiger partial charge on any atom is 0.435 e. The van der Waals surface area contributed by atoms with Crippen molar-refractivity contribution < 1.29 is 18.0 Å². The number of nitrogens with two attached hydrogens (primary N) is 1. The van der Waals surface area contributed by atoms with Crippen LogP contribution in [0.1, 0.15) is 35.0 Å². The molecule has 0 saturated heterocycles. The number of allylic oxidation sites excluding steroid dienone is 1. The van der Waals surface area contributed by atoms with Crippen LogP contribution in [-0.4, -0.2) is 43.1 Å². The predicted octanol–water partition coefficient (Wildman–Crippen LogP) is 4.18. The van der Waals surface area contributed by atoms with Crippen molar-refractivity contribution in [2.24, 2.45) is 5.73 Å². The molecule has 0 radical (unpaired) electrons. The molecule has 4 rings (SSSR count). The molecular formula is C25H27F3N8O. The number of aryl methyl sites for hydroxylation is 1. The molecule has 3 aromatic heterocycles. The number of amides is 1.